The lowest BCUT2D eigenvalue weighted by Crippen LogP contribution is -2.35. The molecule has 3 aromatic rings. The minimum absolute atomic E-state index is 0.0161. The Bertz CT molecular complexity index is 1550. The van der Waals surface area contributed by atoms with Crippen LogP contribution in [-0.4, -0.2) is 22.0 Å². The number of hydrogen-bond donors (Lipinski definition) is 2. The number of benzene rings is 2. The highest BCUT2D eigenvalue weighted by Crippen LogP contribution is 2.41. The Hall–Kier alpha value is -4.17. The summed E-state index contributed by atoms with van der Waals surface area (Å²) in [5, 5.41) is 13.2. The van der Waals surface area contributed by atoms with E-state index in [1.54, 1.807) is 6.08 Å². The lowest BCUT2D eigenvalue weighted by atomic mass is 9.71. The second-order valence-corrected chi connectivity index (χ2v) is 10.7. The molecule has 2 aromatic carbocycles. The summed E-state index contributed by atoms with van der Waals surface area (Å²) >= 11 is 0. The third-order valence-corrected chi connectivity index (χ3v) is 7.58. The fraction of sp³-hybridized carbons (Fsp3) is 0.303. The van der Waals surface area contributed by atoms with Gasteiger partial charge in [0.15, 0.2) is 0 Å². The maximum Gasteiger partial charge on any atom is 0.303 e. The van der Waals surface area contributed by atoms with Crippen molar-refractivity contribution >= 4 is 28.4 Å². The van der Waals surface area contributed by atoms with Crippen LogP contribution in [0.15, 0.2) is 78.2 Å². The molecule has 2 aliphatic carbocycles. The highest BCUT2D eigenvalue weighted by Gasteiger charge is 2.33. The van der Waals surface area contributed by atoms with E-state index in [1.807, 2.05) is 36.4 Å². The largest absolute Gasteiger partial charge is 0.481 e. The van der Waals surface area contributed by atoms with Gasteiger partial charge >= 0.3 is 5.97 Å². The quantitative estimate of drug-likeness (QED) is 0.260. The van der Waals surface area contributed by atoms with Crippen LogP contribution in [0.2, 0.25) is 0 Å². The number of rotatable bonds is 8. The molecule has 0 radical (unpaired) electrons. The van der Waals surface area contributed by atoms with Crippen molar-refractivity contribution < 1.29 is 14.7 Å². The van der Waals surface area contributed by atoms with Crippen molar-refractivity contribution in [2.75, 3.05) is 0 Å². The van der Waals surface area contributed by atoms with Crippen LogP contribution in [0.3, 0.4) is 0 Å². The average Bonchev–Trinajstić information content (AvgIpc) is 2.92. The van der Waals surface area contributed by atoms with Gasteiger partial charge in [-0.3, -0.25) is 9.59 Å². The molecule has 2 N–H and O–H groups in total. The molecule has 5 heteroatoms. The summed E-state index contributed by atoms with van der Waals surface area (Å²) < 4.78 is 0. The lowest BCUT2D eigenvalue weighted by molar-refractivity contribution is -0.137. The predicted octanol–water partition coefficient (Wildman–Crippen LogP) is 6.84. The van der Waals surface area contributed by atoms with Gasteiger partial charge in [-0.1, -0.05) is 55.7 Å². The first-order valence-corrected chi connectivity index (χ1v) is 13.3. The number of aliphatic carboxylic acids is 1. The molecule has 5 nitrogen and oxygen atoms in total. The van der Waals surface area contributed by atoms with Gasteiger partial charge in [0.25, 0.3) is 5.91 Å². The number of aryl methyl sites for hydroxylation is 1. The predicted molar refractivity (Wildman–Crippen MR) is 150 cm³/mol. The van der Waals surface area contributed by atoms with Crippen LogP contribution in [-0.2, 0) is 16.6 Å². The lowest BCUT2D eigenvalue weighted by Gasteiger charge is -2.37. The monoisotopic (exact) mass is 504 g/mol. The van der Waals surface area contributed by atoms with Gasteiger partial charge in [0.05, 0.1) is 22.8 Å². The molecule has 1 unspecified atom stereocenters. The molecule has 38 heavy (non-hydrogen) atoms. The summed E-state index contributed by atoms with van der Waals surface area (Å²) in [5.74, 6) is -0.878. The first-order chi connectivity index (χ1) is 18.3. The number of carboxylic acids is 1. The molecule has 0 spiro atoms. The third-order valence-electron chi connectivity index (χ3n) is 7.58. The van der Waals surface area contributed by atoms with Gasteiger partial charge in [-0.25, -0.2) is 4.98 Å². The van der Waals surface area contributed by atoms with Gasteiger partial charge < -0.3 is 10.4 Å². The van der Waals surface area contributed by atoms with E-state index in [2.05, 4.69) is 54.9 Å². The zero-order valence-corrected chi connectivity index (χ0v) is 21.9. The maximum atomic E-state index is 13.4. The molecule has 1 heterocycles. The number of pyridine rings is 1. The third kappa shape index (κ3) is 5.40. The van der Waals surface area contributed by atoms with Crippen molar-refractivity contribution in [1.82, 2.24) is 10.3 Å². The van der Waals surface area contributed by atoms with Gasteiger partial charge in [-0.2, -0.15) is 0 Å². The summed E-state index contributed by atoms with van der Waals surface area (Å²) in [7, 11) is 0. The number of nitrogens with one attached hydrogen (secondary N) is 1. The number of fused-ring (bicyclic) bond motifs is 2. The van der Waals surface area contributed by atoms with Gasteiger partial charge in [-0.05, 0) is 90.6 Å². The number of nitrogens with zero attached hydrogens (tertiary/aromatic N) is 1. The summed E-state index contributed by atoms with van der Waals surface area (Å²) in [6.07, 6.45) is 9.75. The Balaban J connectivity index is 1.43. The number of unbranched alkanes of at least 4 members (excludes halogenated alkanes) is 1. The zero-order valence-electron chi connectivity index (χ0n) is 21.9. The smallest absolute Gasteiger partial charge is 0.303 e. The number of aromatic nitrogens is 1. The molecular formula is C33H32N2O3. The zero-order chi connectivity index (χ0) is 26.7. The van der Waals surface area contributed by atoms with Gasteiger partial charge in [0.1, 0.15) is 0 Å². The molecule has 0 saturated carbocycles. The summed E-state index contributed by atoms with van der Waals surface area (Å²) in [6, 6.07) is 16.1. The Morgan fingerprint density at radius 2 is 1.97 bits per heavy atom. The van der Waals surface area contributed by atoms with Crippen molar-refractivity contribution in [3.8, 4) is 0 Å². The van der Waals surface area contributed by atoms with Gasteiger partial charge in [0.2, 0.25) is 0 Å². The SMILES string of the molecule is CC1(C)CCC(NC(=O)c2ccc3nc(C4=C=C=CC=C4)c(CCCCC(=O)O)cc3c2)c2ccccc21. The second-order valence-electron chi connectivity index (χ2n) is 10.7. The first kappa shape index (κ1) is 25.5. The van der Waals surface area contributed by atoms with Crippen molar-refractivity contribution in [2.45, 2.75) is 63.8 Å². The van der Waals surface area contributed by atoms with Crippen molar-refractivity contribution in [1.29, 1.82) is 0 Å². The molecule has 1 atom stereocenters. The van der Waals surface area contributed by atoms with Crippen LogP contribution < -0.4 is 5.32 Å². The van der Waals surface area contributed by atoms with Crippen LogP contribution in [0, 0.1) is 0 Å². The molecule has 1 aromatic heterocycles. The summed E-state index contributed by atoms with van der Waals surface area (Å²) in [5.41, 5.74) is 12.8. The number of carbonyl (C=O) groups is 2. The molecule has 0 aliphatic heterocycles. The minimum atomic E-state index is -0.785. The fourth-order valence-corrected chi connectivity index (χ4v) is 5.47. The molecular weight excluding hydrogens is 472 g/mol. The standard InChI is InChI=1S/C33H32N2O3/c1-33(2)19-18-29(26-13-7-8-14-27(26)33)35-32(38)24-16-17-28-25(21-24)20-23(12-6-9-15-30(36)37)31(34-28)22-10-4-3-5-11-22/h3-4,7-8,10,13-14,16-17,20-21,29H,6,9,12,15,18-19H2,1-2H3,(H,35,38)(H,36,37). The van der Waals surface area contributed by atoms with Crippen molar-refractivity contribution in [3.63, 3.8) is 0 Å². The number of carbonyl (C=O) groups excluding carboxylic acids is 1. The Kier molecular flexibility index (Phi) is 7.15. The van der Waals surface area contributed by atoms with Crippen LogP contribution in [0.5, 0.6) is 0 Å². The Labute approximate surface area is 223 Å². The molecule has 0 bridgehead atoms. The maximum absolute atomic E-state index is 13.4. The van der Waals surface area contributed by atoms with E-state index in [4.69, 9.17) is 10.1 Å². The average molecular weight is 505 g/mol. The van der Waals surface area contributed by atoms with Crippen LogP contribution in [0.1, 0.15) is 84.7 Å². The first-order valence-electron chi connectivity index (χ1n) is 13.3. The molecule has 192 valence electrons. The fourth-order valence-electron chi connectivity index (χ4n) is 5.47. The van der Waals surface area contributed by atoms with Gasteiger partial charge in [-0.15, -0.1) is 0 Å². The van der Waals surface area contributed by atoms with E-state index in [0.717, 1.165) is 47.0 Å². The Morgan fingerprint density at radius 3 is 2.76 bits per heavy atom. The summed E-state index contributed by atoms with van der Waals surface area (Å²) in [4.78, 5) is 29.3. The van der Waals surface area contributed by atoms with Crippen LogP contribution in [0.4, 0.5) is 0 Å². The molecule has 5 rings (SSSR count). The molecule has 0 saturated heterocycles. The molecule has 1 amide bonds. The topological polar surface area (TPSA) is 79.3 Å². The number of allylic oxidation sites excluding steroid dienone is 4. The normalized spacial score (nSPS) is 17.2. The van der Waals surface area contributed by atoms with Crippen LogP contribution in [0.25, 0.3) is 16.5 Å². The van der Waals surface area contributed by atoms with Crippen molar-refractivity contribution in [2.24, 2.45) is 0 Å². The number of amides is 1. The number of carboxylic acid groups (broad SMARTS) is 1. The summed E-state index contributed by atoms with van der Waals surface area (Å²) in [6.45, 7) is 4.53. The van der Waals surface area contributed by atoms with E-state index in [1.165, 1.54) is 11.1 Å². The highest BCUT2D eigenvalue weighted by atomic mass is 16.4. The van der Waals surface area contributed by atoms with Gasteiger partial charge in [0, 0.05) is 17.4 Å². The number of hydrogen-bond acceptors (Lipinski definition) is 3. The van der Waals surface area contributed by atoms with E-state index >= 15 is 0 Å². The van der Waals surface area contributed by atoms with E-state index in [0.29, 0.717) is 18.4 Å². The molecule has 2 aliphatic rings. The molecule has 0 fully saturated rings. The Morgan fingerprint density at radius 1 is 1.13 bits per heavy atom. The van der Waals surface area contributed by atoms with E-state index in [9.17, 15) is 9.59 Å². The second kappa shape index (κ2) is 10.7. The van der Waals surface area contributed by atoms with Crippen molar-refractivity contribution in [3.05, 3.63) is 106 Å². The van der Waals surface area contributed by atoms with Crippen LogP contribution >= 0.6 is 0 Å². The highest BCUT2D eigenvalue weighted by molar-refractivity contribution is 5.98. The van der Waals surface area contributed by atoms with E-state index in [-0.39, 0.29) is 23.8 Å². The minimum Gasteiger partial charge on any atom is -0.481 e. The van der Waals surface area contributed by atoms with E-state index < -0.39 is 5.97 Å².